The summed E-state index contributed by atoms with van der Waals surface area (Å²) in [6.07, 6.45) is 14.6. The zero-order valence-corrected chi connectivity index (χ0v) is 24.9. The first kappa shape index (κ1) is 34.5. The third-order valence-electron chi connectivity index (χ3n) is 7.26. The molecule has 0 saturated heterocycles. The van der Waals surface area contributed by atoms with Crippen LogP contribution in [0.25, 0.3) is 0 Å². The van der Waals surface area contributed by atoms with Crippen molar-refractivity contribution in [3.8, 4) is 0 Å². The standard InChI is InChI=1S/C32H54N3O4/c1-5-26(3)24-29(36)33-22-18-13-11-9-7-8-10-12-14-19-23-34-31(37)30(27(4)6-2)35-32(38)39-25-28-20-16-15-17-21-28/h15-17,20-21,24,26-27,30H,5-14,18-19,22-23,25H2,1-4H3,(H,33,36)(H,34,37)(H,35,38). The van der Waals surface area contributed by atoms with E-state index in [9.17, 15) is 14.4 Å². The number of amides is 3. The molecule has 1 rings (SSSR count). The Bertz CT molecular complexity index is 787. The smallest absolute Gasteiger partial charge is 0.408 e. The lowest BCUT2D eigenvalue weighted by Gasteiger charge is -2.23. The van der Waals surface area contributed by atoms with Crippen LogP contribution in [0, 0.1) is 18.3 Å². The van der Waals surface area contributed by atoms with Crippen LogP contribution in [-0.2, 0) is 20.9 Å². The first-order valence-corrected chi connectivity index (χ1v) is 15.2. The van der Waals surface area contributed by atoms with Crippen LogP contribution >= 0.6 is 0 Å². The van der Waals surface area contributed by atoms with Gasteiger partial charge in [0.2, 0.25) is 11.8 Å². The Labute approximate surface area is 237 Å². The Morgan fingerprint density at radius 2 is 1.31 bits per heavy atom. The van der Waals surface area contributed by atoms with E-state index in [2.05, 4.69) is 29.8 Å². The van der Waals surface area contributed by atoms with Gasteiger partial charge in [0.25, 0.3) is 0 Å². The first-order chi connectivity index (χ1) is 18.9. The summed E-state index contributed by atoms with van der Waals surface area (Å²) < 4.78 is 5.30. The summed E-state index contributed by atoms with van der Waals surface area (Å²) in [5.74, 6) is 0.279. The van der Waals surface area contributed by atoms with Crippen molar-refractivity contribution < 1.29 is 19.1 Å². The summed E-state index contributed by atoms with van der Waals surface area (Å²) in [6.45, 7) is 9.71. The molecular formula is C32H54N3O4. The van der Waals surface area contributed by atoms with Gasteiger partial charge in [0.05, 0.1) is 6.42 Å². The SMILES string of the molecule is CCC(C)[CH]C(=O)NCCCCCCCCCCCCNC(=O)C(NC(=O)OCc1ccccc1)C(C)CC. The van der Waals surface area contributed by atoms with Gasteiger partial charge in [0.15, 0.2) is 0 Å². The van der Waals surface area contributed by atoms with Crippen LogP contribution < -0.4 is 16.0 Å². The van der Waals surface area contributed by atoms with Gasteiger partial charge in [-0.05, 0) is 30.2 Å². The highest BCUT2D eigenvalue weighted by atomic mass is 16.5. The number of benzene rings is 1. The van der Waals surface area contributed by atoms with Gasteiger partial charge in [-0.2, -0.15) is 0 Å². The summed E-state index contributed by atoms with van der Waals surface area (Å²) in [4.78, 5) is 36.7. The predicted molar refractivity (Wildman–Crippen MR) is 159 cm³/mol. The van der Waals surface area contributed by atoms with E-state index in [1.807, 2.05) is 44.2 Å². The molecule has 0 bridgehead atoms. The van der Waals surface area contributed by atoms with E-state index in [-0.39, 0.29) is 24.3 Å². The quantitative estimate of drug-likeness (QED) is 0.141. The molecule has 3 unspecified atom stereocenters. The van der Waals surface area contributed by atoms with Crippen molar-refractivity contribution in [2.45, 2.75) is 117 Å². The fourth-order valence-corrected chi connectivity index (χ4v) is 4.23. The minimum absolute atomic E-state index is 0.0150. The molecule has 7 heteroatoms. The summed E-state index contributed by atoms with van der Waals surface area (Å²) >= 11 is 0. The normalized spacial score (nSPS) is 13.2. The molecule has 1 aromatic rings. The lowest BCUT2D eigenvalue weighted by Crippen LogP contribution is -2.50. The van der Waals surface area contributed by atoms with Crippen molar-refractivity contribution in [2.75, 3.05) is 13.1 Å². The van der Waals surface area contributed by atoms with E-state index in [4.69, 9.17) is 4.74 Å². The molecule has 0 fully saturated rings. The number of alkyl carbamates (subject to hydrolysis) is 1. The second-order valence-corrected chi connectivity index (χ2v) is 10.7. The molecule has 221 valence electrons. The van der Waals surface area contributed by atoms with Gasteiger partial charge >= 0.3 is 6.09 Å². The van der Waals surface area contributed by atoms with Crippen molar-refractivity contribution >= 4 is 17.9 Å². The van der Waals surface area contributed by atoms with Crippen LogP contribution in [0.4, 0.5) is 4.79 Å². The van der Waals surface area contributed by atoms with Gasteiger partial charge in [-0.3, -0.25) is 9.59 Å². The monoisotopic (exact) mass is 544 g/mol. The average molecular weight is 545 g/mol. The second-order valence-electron chi connectivity index (χ2n) is 10.7. The average Bonchev–Trinajstić information content (AvgIpc) is 2.94. The predicted octanol–water partition coefficient (Wildman–Crippen LogP) is 6.71. The fraction of sp³-hybridized carbons (Fsp3) is 0.688. The Morgan fingerprint density at radius 3 is 1.85 bits per heavy atom. The van der Waals surface area contributed by atoms with Gasteiger partial charge in [-0.25, -0.2) is 4.79 Å². The van der Waals surface area contributed by atoms with E-state index < -0.39 is 12.1 Å². The van der Waals surface area contributed by atoms with Crippen LogP contribution in [0.1, 0.15) is 110 Å². The molecule has 0 saturated carbocycles. The van der Waals surface area contributed by atoms with E-state index in [0.717, 1.165) is 44.2 Å². The van der Waals surface area contributed by atoms with Crippen molar-refractivity contribution in [3.63, 3.8) is 0 Å². The first-order valence-electron chi connectivity index (χ1n) is 15.2. The Hall–Kier alpha value is -2.57. The Kier molecular flexibility index (Phi) is 19.7. The molecule has 0 aliphatic heterocycles. The lowest BCUT2D eigenvalue weighted by atomic mass is 9.98. The molecular weight excluding hydrogens is 490 g/mol. The highest BCUT2D eigenvalue weighted by Gasteiger charge is 2.26. The van der Waals surface area contributed by atoms with Gasteiger partial charge in [-0.15, -0.1) is 0 Å². The van der Waals surface area contributed by atoms with Crippen LogP contribution in [-0.4, -0.2) is 37.0 Å². The topological polar surface area (TPSA) is 96.5 Å². The van der Waals surface area contributed by atoms with Crippen LogP contribution in [0.15, 0.2) is 30.3 Å². The third kappa shape index (κ3) is 17.6. The van der Waals surface area contributed by atoms with Gasteiger partial charge in [0.1, 0.15) is 12.6 Å². The minimum Gasteiger partial charge on any atom is -0.445 e. The molecule has 3 amide bonds. The molecule has 0 spiro atoms. The highest BCUT2D eigenvalue weighted by Crippen LogP contribution is 2.12. The number of unbranched alkanes of at least 4 members (excludes halogenated alkanes) is 9. The second kappa shape index (κ2) is 22.3. The summed E-state index contributed by atoms with van der Waals surface area (Å²) in [5, 5.41) is 8.73. The largest absolute Gasteiger partial charge is 0.445 e. The molecule has 3 N–H and O–H groups in total. The zero-order valence-electron chi connectivity index (χ0n) is 24.9. The number of rotatable bonds is 22. The van der Waals surface area contributed by atoms with E-state index in [0.29, 0.717) is 12.5 Å². The molecule has 1 aromatic carbocycles. The number of ether oxygens (including phenoxy) is 1. The number of nitrogens with one attached hydrogen (secondary N) is 3. The maximum absolute atomic E-state index is 12.7. The summed E-state index contributed by atoms with van der Waals surface area (Å²) in [5.41, 5.74) is 0.908. The maximum atomic E-state index is 12.7. The molecule has 1 radical (unpaired) electrons. The third-order valence-corrected chi connectivity index (χ3v) is 7.26. The lowest BCUT2D eigenvalue weighted by molar-refractivity contribution is -0.124. The van der Waals surface area contributed by atoms with E-state index in [1.165, 1.54) is 44.9 Å². The molecule has 0 heterocycles. The van der Waals surface area contributed by atoms with Crippen molar-refractivity contribution in [2.24, 2.45) is 11.8 Å². The van der Waals surface area contributed by atoms with Crippen molar-refractivity contribution in [1.29, 1.82) is 0 Å². The molecule has 7 nitrogen and oxygen atoms in total. The minimum atomic E-state index is -0.599. The Balaban J connectivity index is 2.05. The number of carbonyl (C=O) groups excluding carboxylic acids is 3. The number of carbonyl (C=O) groups is 3. The van der Waals surface area contributed by atoms with E-state index in [1.54, 1.807) is 6.42 Å². The fourth-order valence-electron chi connectivity index (χ4n) is 4.23. The molecule has 0 aromatic heterocycles. The van der Waals surface area contributed by atoms with Crippen molar-refractivity contribution in [1.82, 2.24) is 16.0 Å². The molecule has 39 heavy (non-hydrogen) atoms. The van der Waals surface area contributed by atoms with Gasteiger partial charge in [0, 0.05) is 13.1 Å². The van der Waals surface area contributed by atoms with Crippen LogP contribution in [0.2, 0.25) is 0 Å². The number of hydrogen-bond donors (Lipinski definition) is 3. The van der Waals surface area contributed by atoms with Crippen molar-refractivity contribution in [3.05, 3.63) is 42.3 Å². The maximum Gasteiger partial charge on any atom is 0.408 e. The summed E-state index contributed by atoms with van der Waals surface area (Å²) in [6, 6.07) is 8.90. The zero-order chi connectivity index (χ0) is 28.7. The Morgan fingerprint density at radius 1 is 0.769 bits per heavy atom. The molecule has 0 aliphatic rings. The van der Waals surface area contributed by atoms with Gasteiger partial charge in [-0.1, -0.05) is 122 Å². The van der Waals surface area contributed by atoms with Crippen LogP contribution in [0.3, 0.4) is 0 Å². The number of hydrogen-bond acceptors (Lipinski definition) is 4. The molecule has 0 aliphatic carbocycles. The summed E-state index contributed by atoms with van der Waals surface area (Å²) in [7, 11) is 0. The highest BCUT2D eigenvalue weighted by molar-refractivity contribution is 5.86. The molecule has 3 atom stereocenters. The van der Waals surface area contributed by atoms with E-state index >= 15 is 0 Å². The van der Waals surface area contributed by atoms with Gasteiger partial charge < -0.3 is 20.7 Å². The van der Waals surface area contributed by atoms with Crippen LogP contribution in [0.5, 0.6) is 0 Å².